The summed E-state index contributed by atoms with van der Waals surface area (Å²) in [5.74, 6) is 0. The number of halogens is 1. The summed E-state index contributed by atoms with van der Waals surface area (Å²) in [5.41, 5.74) is 0.459. The van der Waals surface area contributed by atoms with E-state index in [-0.39, 0.29) is 15.0 Å². The highest BCUT2D eigenvalue weighted by molar-refractivity contribution is 9.09. The lowest BCUT2D eigenvalue weighted by Crippen LogP contribution is -2.27. The maximum absolute atomic E-state index is 12.6. The van der Waals surface area contributed by atoms with Gasteiger partial charge in [0.05, 0.1) is 11.1 Å². The Kier molecular flexibility index (Phi) is 4.17. The summed E-state index contributed by atoms with van der Waals surface area (Å²) in [4.78, 5) is 16.5. The Labute approximate surface area is 140 Å². The van der Waals surface area contributed by atoms with Crippen molar-refractivity contribution >= 4 is 37.5 Å². The molecule has 1 atom stereocenters. The van der Waals surface area contributed by atoms with E-state index in [9.17, 15) is 13.2 Å². The van der Waals surface area contributed by atoms with E-state index >= 15 is 0 Å². The first-order valence-electron chi connectivity index (χ1n) is 6.57. The minimum atomic E-state index is -3.85. The van der Waals surface area contributed by atoms with E-state index in [1.54, 1.807) is 12.1 Å². The largest absolute Gasteiger partial charge is 0.285 e. The number of aryl methyl sites for hydroxylation is 1. The van der Waals surface area contributed by atoms with Crippen molar-refractivity contribution in [2.45, 2.75) is 33.7 Å². The number of benzene rings is 1. The van der Waals surface area contributed by atoms with Crippen molar-refractivity contribution in [2.24, 2.45) is 0 Å². The molecule has 0 fully saturated rings. The number of alkyl halides is 1. The Balaban J connectivity index is 2.10. The molecule has 1 aliphatic heterocycles. The molecule has 0 spiro atoms. The Morgan fingerprint density at radius 3 is 2.68 bits per heavy atom. The normalized spacial score (nSPS) is 17.5. The fourth-order valence-corrected chi connectivity index (χ4v) is 5.08. The highest BCUT2D eigenvalue weighted by atomic mass is 79.9. The Morgan fingerprint density at radius 2 is 2.05 bits per heavy atom. The first-order valence-corrected chi connectivity index (χ1v) is 10.1. The van der Waals surface area contributed by atoms with Crippen LogP contribution >= 0.6 is 27.7 Å². The second-order valence-corrected chi connectivity index (χ2v) is 8.86. The van der Waals surface area contributed by atoms with Crippen LogP contribution in [0.15, 0.2) is 50.2 Å². The van der Waals surface area contributed by atoms with Gasteiger partial charge in [0.1, 0.15) is 0 Å². The molecule has 0 amide bonds. The topological polar surface area (TPSA) is 69.0 Å². The number of nitrogens with zero attached hydrogens (tertiary/aromatic N) is 2. The SMILES string of the molecule is Cc1ccc(S(=O)(=O)c2cnc3n(c2=O)C[C@@H](CBr)S3)cc1. The number of rotatable bonds is 3. The number of aromatic nitrogens is 2. The van der Waals surface area contributed by atoms with Gasteiger partial charge < -0.3 is 0 Å². The maximum Gasteiger partial charge on any atom is 0.273 e. The van der Waals surface area contributed by atoms with Crippen molar-refractivity contribution in [3.63, 3.8) is 0 Å². The lowest BCUT2D eigenvalue weighted by Gasteiger charge is -2.07. The van der Waals surface area contributed by atoms with Crippen molar-refractivity contribution in [3.05, 3.63) is 46.4 Å². The molecule has 8 heteroatoms. The second kappa shape index (κ2) is 5.82. The zero-order chi connectivity index (χ0) is 15.9. The first kappa shape index (κ1) is 15.8. The molecule has 0 saturated heterocycles. The van der Waals surface area contributed by atoms with Crippen molar-refractivity contribution < 1.29 is 8.42 Å². The molecule has 1 aromatic heterocycles. The highest BCUT2D eigenvalue weighted by Crippen LogP contribution is 2.30. The van der Waals surface area contributed by atoms with Crippen LogP contribution in [0.4, 0.5) is 0 Å². The summed E-state index contributed by atoms with van der Waals surface area (Å²) in [5, 5.41) is 1.48. The van der Waals surface area contributed by atoms with Gasteiger partial charge >= 0.3 is 0 Å². The van der Waals surface area contributed by atoms with Crippen LogP contribution in [-0.4, -0.2) is 28.5 Å². The third-order valence-electron chi connectivity index (χ3n) is 3.43. The van der Waals surface area contributed by atoms with Crippen LogP contribution in [-0.2, 0) is 16.4 Å². The highest BCUT2D eigenvalue weighted by Gasteiger charge is 2.29. The van der Waals surface area contributed by atoms with E-state index in [2.05, 4.69) is 20.9 Å². The molecule has 2 heterocycles. The standard InChI is InChI=1S/C14H13BrN2O3S2/c1-9-2-4-11(5-3-9)22(19,20)12-7-16-14-17(13(12)18)8-10(6-15)21-14/h2-5,7,10H,6,8H2,1H3/t10-/m1/s1. The molecule has 2 aromatic rings. The van der Waals surface area contributed by atoms with E-state index in [1.807, 2.05) is 6.92 Å². The van der Waals surface area contributed by atoms with Gasteiger partial charge in [-0.25, -0.2) is 13.4 Å². The average Bonchev–Trinajstić information content (AvgIpc) is 2.92. The predicted octanol–water partition coefficient (Wildman–Crippen LogP) is 2.25. The molecule has 116 valence electrons. The summed E-state index contributed by atoms with van der Waals surface area (Å²) in [6.07, 6.45) is 1.17. The van der Waals surface area contributed by atoms with Crippen molar-refractivity contribution in [1.29, 1.82) is 0 Å². The molecule has 0 saturated carbocycles. The Hall–Kier alpha value is -1.12. The van der Waals surface area contributed by atoms with Gasteiger partial charge in [-0.15, -0.1) is 0 Å². The fraction of sp³-hybridized carbons (Fsp3) is 0.286. The molecule has 0 radical (unpaired) electrons. The summed E-state index contributed by atoms with van der Waals surface area (Å²) >= 11 is 4.86. The second-order valence-electron chi connectivity index (χ2n) is 5.03. The van der Waals surface area contributed by atoms with E-state index in [4.69, 9.17) is 0 Å². The van der Waals surface area contributed by atoms with E-state index in [0.717, 1.165) is 10.9 Å². The van der Waals surface area contributed by atoms with Gasteiger partial charge in [0.15, 0.2) is 10.1 Å². The van der Waals surface area contributed by atoms with Crippen LogP contribution in [0.1, 0.15) is 5.56 Å². The van der Waals surface area contributed by atoms with Crippen LogP contribution in [0.25, 0.3) is 0 Å². The van der Waals surface area contributed by atoms with Crippen molar-refractivity contribution in [2.75, 3.05) is 5.33 Å². The van der Waals surface area contributed by atoms with Crippen LogP contribution < -0.4 is 5.56 Å². The lowest BCUT2D eigenvalue weighted by molar-refractivity contribution is 0.575. The molecule has 5 nitrogen and oxygen atoms in total. The fourth-order valence-electron chi connectivity index (χ4n) is 2.21. The zero-order valence-corrected chi connectivity index (χ0v) is 14.9. The summed E-state index contributed by atoms with van der Waals surface area (Å²) in [7, 11) is -3.85. The van der Waals surface area contributed by atoms with E-state index in [1.165, 1.54) is 34.7 Å². The van der Waals surface area contributed by atoms with Gasteiger partial charge in [0.25, 0.3) is 5.56 Å². The predicted molar refractivity (Wildman–Crippen MR) is 88.6 cm³/mol. The minimum absolute atomic E-state index is 0.111. The van der Waals surface area contributed by atoms with Crippen molar-refractivity contribution in [1.82, 2.24) is 9.55 Å². The van der Waals surface area contributed by atoms with E-state index < -0.39 is 15.4 Å². The quantitative estimate of drug-likeness (QED) is 0.583. The number of hydrogen-bond acceptors (Lipinski definition) is 5. The monoisotopic (exact) mass is 400 g/mol. The zero-order valence-electron chi connectivity index (χ0n) is 11.7. The van der Waals surface area contributed by atoms with Crippen LogP contribution in [0.2, 0.25) is 0 Å². The van der Waals surface area contributed by atoms with Gasteiger partial charge in [-0.3, -0.25) is 9.36 Å². The molecule has 0 bridgehead atoms. The number of thioether (sulfide) groups is 1. The van der Waals surface area contributed by atoms with Gasteiger partial charge in [-0.2, -0.15) is 0 Å². The molecular formula is C14H13BrN2O3S2. The van der Waals surface area contributed by atoms with Gasteiger partial charge in [-0.1, -0.05) is 45.4 Å². The van der Waals surface area contributed by atoms with Crippen LogP contribution in [0, 0.1) is 6.92 Å². The molecule has 0 unspecified atom stereocenters. The Bertz CT molecular complexity index is 876. The third kappa shape index (κ3) is 2.63. The molecule has 3 rings (SSSR count). The number of hydrogen-bond donors (Lipinski definition) is 0. The van der Waals surface area contributed by atoms with Crippen LogP contribution in [0.3, 0.4) is 0 Å². The minimum Gasteiger partial charge on any atom is -0.285 e. The average molecular weight is 401 g/mol. The van der Waals surface area contributed by atoms with Gasteiger partial charge in [0.2, 0.25) is 9.84 Å². The number of fused-ring (bicyclic) bond motifs is 1. The summed E-state index contributed by atoms with van der Waals surface area (Å²) in [6, 6.07) is 6.44. The lowest BCUT2D eigenvalue weighted by atomic mass is 10.2. The molecular weight excluding hydrogens is 388 g/mol. The summed E-state index contributed by atoms with van der Waals surface area (Å²) in [6.45, 7) is 2.34. The van der Waals surface area contributed by atoms with Gasteiger partial charge in [0, 0.05) is 17.1 Å². The molecule has 0 aliphatic carbocycles. The first-order chi connectivity index (χ1) is 10.4. The third-order valence-corrected chi connectivity index (χ3v) is 7.58. The molecule has 1 aromatic carbocycles. The smallest absolute Gasteiger partial charge is 0.273 e. The number of sulfone groups is 1. The Morgan fingerprint density at radius 1 is 1.36 bits per heavy atom. The van der Waals surface area contributed by atoms with Gasteiger partial charge in [-0.05, 0) is 19.1 Å². The molecule has 22 heavy (non-hydrogen) atoms. The summed E-state index contributed by atoms with van der Waals surface area (Å²) < 4.78 is 26.7. The molecule has 0 N–H and O–H groups in total. The molecule has 1 aliphatic rings. The van der Waals surface area contributed by atoms with E-state index in [0.29, 0.717) is 11.7 Å². The van der Waals surface area contributed by atoms with Crippen molar-refractivity contribution in [3.8, 4) is 0 Å². The maximum atomic E-state index is 12.6. The van der Waals surface area contributed by atoms with Crippen LogP contribution in [0.5, 0.6) is 0 Å².